The van der Waals surface area contributed by atoms with Gasteiger partial charge in [-0.05, 0) is 43.2 Å². The monoisotopic (exact) mass is 522 g/mol. The third-order valence-electron chi connectivity index (χ3n) is 5.27. The second-order valence-electron chi connectivity index (χ2n) is 7.79. The molecule has 0 saturated carbocycles. The van der Waals surface area contributed by atoms with Crippen molar-refractivity contribution in [3.63, 3.8) is 0 Å². The van der Waals surface area contributed by atoms with Crippen molar-refractivity contribution in [2.75, 3.05) is 25.0 Å². The molecular formula is C23H24Cl2N4O4S. The summed E-state index contributed by atoms with van der Waals surface area (Å²) in [6.45, 7) is 1.68. The van der Waals surface area contributed by atoms with Crippen molar-refractivity contribution in [2.24, 2.45) is 0 Å². The van der Waals surface area contributed by atoms with Crippen molar-refractivity contribution in [2.45, 2.75) is 31.9 Å². The first-order valence-electron chi connectivity index (χ1n) is 10.9. The third-order valence-corrected chi connectivity index (χ3v) is 6.76. The maximum Gasteiger partial charge on any atom is 0.273 e. The Morgan fingerprint density at radius 3 is 2.85 bits per heavy atom. The van der Waals surface area contributed by atoms with Crippen LogP contribution in [0.2, 0.25) is 10.0 Å². The molecule has 1 fully saturated rings. The van der Waals surface area contributed by atoms with Crippen LogP contribution in [0, 0.1) is 0 Å². The van der Waals surface area contributed by atoms with Gasteiger partial charge in [-0.3, -0.25) is 9.59 Å². The van der Waals surface area contributed by atoms with Gasteiger partial charge < -0.3 is 24.7 Å². The van der Waals surface area contributed by atoms with Gasteiger partial charge in [-0.1, -0.05) is 23.2 Å². The first-order valence-corrected chi connectivity index (χ1v) is 12.5. The van der Waals surface area contributed by atoms with Crippen LogP contribution in [-0.4, -0.2) is 47.5 Å². The molecule has 1 aliphatic heterocycles. The Morgan fingerprint density at radius 2 is 2.12 bits per heavy atom. The molecule has 4 rings (SSSR count). The van der Waals surface area contributed by atoms with Gasteiger partial charge in [0.15, 0.2) is 5.13 Å². The van der Waals surface area contributed by atoms with Crippen LogP contribution < -0.4 is 10.6 Å². The molecule has 8 nitrogen and oxygen atoms in total. The van der Waals surface area contributed by atoms with Gasteiger partial charge in [-0.25, -0.2) is 4.98 Å². The molecule has 1 aliphatic rings. The standard InChI is InChI=1S/C23H24Cl2N4O4S/c24-18-6-5-15(11-19(18)25)27-23-28-20(14-34-23)22(31)29(13-17-4-2-10-33-17)8-7-21(30)26-12-16-3-1-9-32-16/h2,4-6,10-11,14,16H,1,3,7-9,12-13H2,(H,26,30)(H,27,28)/t16-/m0/s1. The highest BCUT2D eigenvalue weighted by Crippen LogP contribution is 2.28. The minimum Gasteiger partial charge on any atom is -0.467 e. The van der Waals surface area contributed by atoms with E-state index in [9.17, 15) is 9.59 Å². The molecule has 0 aliphatic carbocycles. The zero-order valence-corrected chi connectivity index (χ0v) is 20.6. The lowest BCUT2D eigenvalue weighted by atomic mass is 10.2. The Morgan fingerprint density at radius 1 is 1.24 bits per heavy atom. The number of hydrogen-bond acceptors (Lipinski definition) is 7. The number of halogens is 2. The lowest BCUT2D eigenvalue weighted by Gasteiger charge is -2.21. The van der Waals surface area contributed by atoms with Crippen molar-refractivity contribution in [1.29, 1.82) is 0 Å². The van der Waals surface area contributed by atoms with Crippen LogP contribution in [0.1, 0.15) is 35.5 Å². The van der Waals surface area contributed by atoms with E-state index in [2.05, 4.69) is 15.6 Å². The summed E-state index contributed by atoms with van der Waals surface area (Å²) in [5, 5.41) is 9.10. The highest BCUT2D eigenvalue weighted by atomic mass is 35.5. The molecule has 3 aromatic rings. The fourth-order valence-corrected chi connectivity index (χ4v) is 4.49. The number of benzene rings is 1. The van der Waals surface area contributed by atoms with Gasteiger partial charge in [0, 0.05) is 37.2 Å². The Balaban J connectivity index is 1.38. The predicted octanol–water partition coefficient (Wildman–Crippen LogP) is 5.11. The second kappa shape index (κ2) is 11.7. The van der Waals surface area contributed by atoms with Gasteiger partial charge in [-0.2, -0.15) is 0 Å². The predicted molar refractivity (Wildman–Crippen MR) is 132 cm³/mol. The summed E-state index contributed by atoms with van der Waals surface area (Å²) < 4.78 is 10.9. The molecule has 34 heavy (non-hydrogen) atoms. The van der Waals surface area contributed by atoms with Crippen molar-refractivity contribution < 1.29 is 18.7 Å². The van der Waals surface area contributed by atoms with Gasteiger partial charge in [0.25, 0.3) is 5.91 Å². The zero-order valence-electron chi connectivity index (χ0n) is 18.3. The van der Waals surface area contributed by atoms with Gasteiger partial charge >= 0.3 is 0 Å². The number of nitrogens with one attached hydrogen (secondary N) is 2. The number of ether oxygens (including phenoxy) is 1. The topological polar surface area (TPSA) is 96.7 Å². The van der Waals surface area contributed by atoms with Crippen molar-refractivity contribution in [1.82, 2.24) is 15.2 Å². The van der Waals surface area contributed by atoms with E-state index in [1.165, 1.54) is 11.3 Å². The smallest absolute Gasteiger partial charge is 0.273 e. The van der Waals surface area contributed by atoms with Gasteiger partial charge in [0.1, 0.15) is 11.5 Å². The average Bonchev–Trinajstić information content (AvgIpc) is 3.60. The Kier molecular flexibility index (Phi) is 8.44. The number of thiazole rings is 1. The quantitative estimate of drug-likeness (QED) is 0.383. The zero-order chi connectivity index (χ0) is 23.9. The van der Waals surface area contributed by atoms with Crippen LogP contribution >= 0.6 is 34.5 Å². The molecule has 1 saturated heterocycles. The summed E-state index contributed by atoms with van der Waals surface area (Å²) in [7, 11) is 0. The minimum atomic E-state index is -0.290. The van der Waals surface area contributed by atoms with Crippen LogP contribution in [0.5, 0.6) is 0 Å². The van der Waals surface area contributed by atoms with Crippen molar-refractivity contribution >= 4 is 57.2 Å². The van der Waals surface area contributed by atoms with E-state index in [4.69, 9.17) is 32.4 Å². The molecule has 11 heteroatoms. The summed E-state index contributed by atoms with van der Waals surface area (Å²) in [4.78, 5) is 31.6. The fraction of sp³-hybridized carbons (Fsp3) is 0.348. The number of carbonyl (C=O) groups excluding carboxylic acids is 2. The van der Waals surface area contributed by atoms with Gasteiger partial charge in [-0.15, -0.1) is 11.3 Å². The average molecular weight is 523 g/mol. The largest absolute Gasteiger partial charge is 0.467 e. The number of carbonyl (C=O) groups is 2. The Hall–Kier alpha value is -2.59. The van der Waals surface area contributed by atoms with E-state index in [0.29, 0.717) is 33.2 Å². The summed E-state index contributed by atoms with van der Waals surface area (Å²) in [5.41, 5.74) is 0.983. The first-order chi connectivity index (χ1) is 16.5. The lowest BCUT2D eigenvalue weighted by Crippen LogP contribution is -2.37. The van der Waals surface area contributed by atoms with E-state index in [1.807, 2.05) is 0 Å². The normalized spacial score (nSPS) is 15.3. The molecule has 2 N–H and O–H groups in total. The Labute approximate surface area is 211 Å². The van der Waals surface area contributed by atoms with E-state index in [0.717, 1.165) is 19.4 Å². The number of nitrogens with zero attached hydrogens (tertiary/aromatic N) is 2. The number of anilines is 2. The molecule has 180 valence electrons. The van der Waals surface area contributed by atoms with Crippen molar-refractivity contribution in [3.05, 3.63) is 63.5 Å². The molecule has 0 bridgehead atoms. The highest BCUT2D eigenvalue weighted by molar-refractivity contribution is 7.14. The molecule has 2 amide bonds. The molecular weight excluding hydrogens is 499 g/mol. The molecule has 0 spiro atoms. The van der Waals surface area contributed by atoms with E-state index >= 15 is 0 Å². The van der Waals surface area contributed by atoms with Crippen LogP contribution in [0.15, 0.2) is 46.4 Å². The minimum absolute atomic E-state index is 0.0706. The van der Waals surface area contributed by atoms with Gasteiger partial charge in [0.05, 0.1) is 29.0 Å². The number of hydrogen-bond donors (Lipinski definition) is 2. The van der Waals surface area contributed by atoms with Gasteiger partial charge in [0.2, 0.25) is 5.91 Å². The highest BCUT2D eigenvalue weighted by Gasteiger charge is 2.22. The Bertz CT molecular complexity index is 1120. The first kappa shape index (κ1) is 24.5. The number of rotatable bonds is 10. The van der Waals surface area contributed by atoms with E-state index in [-0.39, 0.29) is 43.1 Å². The summed E-state index contributed by atoms with van der Waals surface area (Å²) >= 11 is 13.3. The van der Waals surface area contributed by atoms with Crippen molar-refractivity contribution in [3.8, 4) is 0 Å². The summed E-state index contributed by atoms with van der Waals surface area (Å²) in [6, 6.07) is 8.69. The maximum absolute atomic E-state index is 13.2. The molecule has 2 aromatic heterocycles. The number of amides is 2. The molecule has 1 aromatic carbocycles. The molecule has 0 radical (unpaired) electrons. The molecule has 0 unspecified atom stereocenters. The van der Waals surface area contributed by atoms with Crippen LogP contribution in [0.25, 0.3) is 0 Å². The number of aromatic nitrogens is 1. The summed E-state index contributed by atoms with van der Waals surface area (Å²) in [5.74, 6) is 0.201. The number of furan rings is 1. The van der Waals surface area contributed by atoms with Crippen LogP contribution in [-0.2, 0) is 16.1 Å². The van der Waals surface area contributed by atoms with Crippen LogP contribution in [0.3, 0.4) is 0 Å². The second-order valence-corrected chi connectivity index (χ2v) is 9.46. The fourth-order valence-electron chi connectivity index (χ4n) is 3.49. The maximum atomic E-state index is 13.2. The van der Waals surface area contributed by atoms with Crippen LogP contribution in [0.4, 0.5) is 10.8 Å². The van der Waals surface area contributed by atoms with E-state index < -0.39 is 0 Å². The molecule has 1 atom stereocenters. The lowest BCUT2D eigenvalue weighted by molar-refractivity contribution is -0.121. The third kappa shape index (κ3) is 6.73. The van der Waals surface area contributed by atoms with E-state index in [1.54, 1.807) is 46.9 Å². The SMILES string of the molecule is O=C(CCN(Cc1ccco1)C(=O)c1csc(Nc2ccc(Cl)c(Cl)c2)n1)NC[C@@H]1CCCO1. The summed E-state index contributed by atoms with van der Waals surface area (Å²) in [6.07, 6.45) is 3.75. The molecule has 3 heterocycles.